The second-order valence-corrected chi connectivity index (χ2v) is 14.7. The molecule has 8 aromatic carbocycles. The molecule has 0 N–H and O–H groups in total. The molecule has 0 fully saturated rings. The average molecular weight is 782 g/mol. The Bertz CT molecular complexity index is 2830. The Morgan fingerprint density at radius 3 is 0.869 bits per heavy atom. The maximum Gasteiger partial charge on any atom is 0.0780 e. The van der Waals surface area contributed by atoms with E-state index in [0.717, 1.165) is 23.5 Å². The summed E-state index contributed by atoms with van der Waals surface area (Å²) in [6, 6.07) is 79.3. The number of hydrogen-bond donors (Lipinski definition) is 0. The fourth-order valence-corrected chi connectivity index (χ4v) is 7.92. The molecule has 0 aliphatic heterocycles. The lowest BCUT2D eigenvalue weighted by Gasteiger charge is -2.04. The lowest BCUT2D eigenvalue weighted by atomic mass is 10.0. The highest BCUT2D eigenvalue weighted by Gasteiger charge is 2.16. The first-order chi connectivity index (χ1) is 30.3. The highest BCUT2D eigenvalue weighted by Crippen LogP contribution is 2.36. The Morgan fingerprint density at radius 2 is 0.525 bits per heavy atom. The highest BCUT2D eigenvalue weighted by atomic mass is 14.7. The smallest absolute Gasteiger partial charge is 0.0780 e. The summed E-state index contributed by atoms with van der Waals surface area (Å²) in [6.45, 7) is 0. The normalized spacial score (nSPS) is 10.9. The summed E-state index contributed by atoms with van der Waals surface area (Å²) >= 11 is 0. The van der Waals surface area contributed by atoms with Crippen molar-refractivity contribution < 1.29 is 0 Å². The average Bonchev–Trinajstić information content (AvgIpc) is 3.74. The molecule has 0 saturated heterocycles. The quantitative estimate of drug-likeness (QED) is 0.179. The van der Waals surface area contributed by atoms with E-state index in [0.29, 0.717) is 0 Å². The number of rotatable bonds is 3. The Hall–Kier alpha value is -8.01. The molecule has 0 radical (unpaired) electrons. The molecule has 12 rings (SSSR count). The Balaban J connectivity index is 0.000000104. The maximum absolute atomic E-state index is 4.48. The van der Waals surface area contributed by atoms with Gasteiger partial charge in [0.2, 0.25) is 0 Å². The van der Waals surface area contributed by atoms with Gasteiger partial charge in [-0.1, -0.05) is 212 Å². The zero-order valence-corrected chi connectivity index (χ0v) is 33.7. The molecule has 290 valence electrons. The number of fused-ring (bicyclic) bond motifs is 6. The van der Waals surface area contributed by atoms with Gasteiger partial charge in [0.1, 0.15) is 0 Å². The first-order valence-electron chi connectivity index (χ1n) is 20.6. The van der Waals surface area contributed by atoms with Crippen LogP contribution in [0.4, 0.5) is 0 Å². The van der Waals surface area contributed by atoms with Gasteiger partial charge in [-0.3, -0.25) is 15.0 Å². The third kappa shape index (κ3) is 8.88. The van der Waals surface area contributed by atoms with Crippen molar-refractivity contribution >= 4 is 32.3 Å². The van der Waals surface area contributed by atoms with E-state index in [1.807, 2.05) is 91.4 Å². The zero-order chi connectivity index (χ0) is 41.1. The predicted octanol–water partition coefficient (Wildman–Crippen LogP) is 15.0. The molecule has 61 heavy (non-hydrogen) atoms. The van der Waals surface area contributed by atoms with Gasteiger partial charge >= 0.3 is 0 Å². The van der Waals surface area contributed by atoms with E-state index in [1.165, 1.54) is 71.3 Å². The molecule has 0 unspecified atom stereocenters. The van der Waals surface area contributed by atoms with Crippen molar-refractivity contribution in [2.75, 3.05) is 0 Å². The fourth-order valence-electron chi connectivity index (χ4n) is 7.92. The molecule has 0 saturated carbocycles. The number of nitrogens with zero attached hydrogens (tertiary/aromatic N) is 3. The van der Waals surface area contributed by atoms with Crippen molar-refractivity contribution in [1.29, 1.82) is 0 Å². The summed E-state index contributed by atoms with van der Waals surface area (Å²) in [5.74, 6) is 0. The molecule has 1 aliphatic carbocycles. The van der Waals surface area contributed by atoms with Gasteiger partial charge in [0, 0.05) is 51.4 Å². The van der Waals surface area contributed by atoms with E-state index in [9.17, 15) is 0 Å². The van der Waals surface area contributed by atoms with E-state index < -0.39 is 0 Å². The SMILES string of the molecule is c1ccc(-c2nccc3ccccc23)cc1.c1ccc(-c2nccc3ccccc23)cc1.c1ccc(-c2nccc3ccccc23)cc1.c1ccc2c(c1)Cc1ccccc1-2. The molecule has 3 aromatic heterocycles. The van der Waals surface area contributed by atoms with Crippen LogP contribution in [0.25, 0.3) is 77.2 Å². The van der Waals surface area contributed by atoms with E-state index in [-0.39, 0.29) is 0 Å². The fraction of sp³-hybridized carbons (Fsp3) is 0.0172. The Morgan fingerprint density at radius 1 is 0.246 bits per heavy atom. The van der Waals surface area contributed by atoms with Crippen LogP contribution in [0, 0.1) is 0 Å². The number of pyridine rings is 3. The molecule has 0 amide bonds. The highest BCUT2D eigenvalue weighted by molar-refractivity contribution is 5.96. The van der Waals surface area contributed by atoms with Gasteiger partial charge < -0.3 is 0 Å². The molecular formula is C58H43N3. The number of aromatic nitrogens is 3. The largest absolute Gasteiger partial charge is 0.256 e. The van der Waals surface area contributed by atoms with Gasteiger partial charge in [0.25, 0.3) is 0 Å². The van der Waals surface area contributed by atoms with Crippen molar-refractivity contribution in [3.05, 3.63) is 260 Å². The maximum atomic E-state index is 4.48. The number of benzene rings is 8. The Kier molecular flexibility index (Phi) is 11.8. The molecule has 1 aliphatic rings. The minimum atomic E-state index is 1.05. The van der Waals surface area contributed by atoms with Gasteiger partial charge in [-0.05, 0) is 63.0 Å². The van der Waals surface area contributed by atoms with Crippen molar-refractivity contribution in [3.8, 4) is 44.9 Å². The molecule has 0 bridgehead atoms. The molecule has 11 aromatic rings. The zero-order valence-electron chi connectivity index (χ0n) is 33.7. The summed E-state index contributed by atoms with van der Waals surface area (Å²) in [5, 5.41) is 7.31. The first kappa shape index (κ1) is 38.5. The van der Waals surface area contributed by atoms with Crippen LogP contribution >= 0.6 is 0 Å². The van der Waals surface area contributed by atoms with Crippen molar-refractivity contribution in [2.45, 2.75) is 6.42 Å². The summed E-state index contributed by atoms with van der Waals surface area (Å²) in [4.78, 5) is 13.4. The molecule has 3 nitrogen and oxygen atoms in total. The van der Waals surface area contributed by atoms with Crippen LogP contribution < -0.4 is 0 Å². The summed E-state index contributed by atoms with van der Waals surface area (Å²) in [7, 11) is 0. The molecule has 0 atom stereocenters. The van der Waals surface area contributed by atoms with Crippen LogP contribution in [0.3, 0.4) is 0 Å². The molecule has 0 spiro atoms. The van der Waals surface area contributed by atoms with Gasteiger partial charge in [0.05, 0.1) is 17.1 Å². The minimum absolute atomic E-state index is 1.05. The van der Waals surface area contributed by atoms with E-state index in [4.69, 9.17) is 0 Å². The lowest BCUT2D eigenvalue weighted by Crippen LogP contribution is -1.84. The van der Waals surface area contributed by atoms with Crippen LogP contribution in [0.15, 0.2) is 249 Å². The van der Waals surface area contributed by atoms with Crippen LogP contribution in [0.1, 0.15) is 11.1 Å². The predicted molar refractivity (Wildman–Crippen MR) is 256 cm³/mol. The monoisotopic (exact) mass is 781 g/mol. The van der Waals surface area contributed by atoms with Gasteiger partial charge in [-0.25, -0.2) is 0 Å². The standard InChI is InChI=1S/3C15H11N.C13H10/c3*1-2-7-13(8-3-1)15-14-9-5-4-6-12(14)10-11-16-15;1-3-7-12-10(5-1)9-11-6-2-4-8-13(11)12/h3*1-11H;1-8H,9H2. The van der Waals surface area contributed by atoms with Crippen LogP contribution in [-0.4, -0.2) is 15.0 Å². The summed E-state index contributed by atoms with van der Waals surface area (Å²) in [5.41, 5.74) is 12.4. The van der Waals surface area contributed by atoms with Crippen molar-refractivity contribution in [2.24, 2.45) is 0 Å². The molecular weight excluding hydrogens is 739 g/mol. The molecule has 3 heteroatoms. The van der Waals surface area contributed by atoms with Crippen LogP contribution in [-0.2, 0) is 6.42 Å². The second kappa shape index (κ2) is 18.7. The Labute approximate surface area is 357 Å². The van der Waals surface area contributed by atoms with Crippen LogP contribution in [0.5, 0.6) is 0 Å². The topological polar surface area (TPSA) is 38.7 Å². The van der Waals surface area contributed by atoms with Gasteiger partial charge in [-0.15, -0.1) is 0 Å². The summed E-state index contributed by atoms with van der Waals surface area (Å²) in [6.07, 6.45) is 6.70. The van der Waals surface area contributed by atoms with Crippen LogP contribution in [0.2, 0.25) is 0 Å². The summed E-state index contributed by atoms with van der Waals surface area (Å²) < 4.78 is 0. The first-order valence-corrected chi connectivity index (χ1v) is 20.6. The molecule has 3 heterocycles. The minimum Gasteiger partial charge on any atom is -0.256 e. The van der Waals surface area contributed by atoms with E-state index in [2.05, 4.69) is 173 Å². The lowest BCUT2D eigenvalue weighted by molar-refractivity contribution is 1.26. The third-order valence-corrected chi connectivity index (χ3v) is 10.9. The van der Waals surface area contributed by atoms with Crippen molar-refractivity contribution in [3.63, 3.8) is 0 Å². The van der Waals surface area contributed by atoms with Crippen molar-refractivity contribution in [1.82, 2.24) is 15.0 Å². The second-order valence-electron chi connectivity index (χ2n) is 14.7. The van der Waals surface area contributed by atoms with E-state index in [1.54, 1.807) is 0 Å². The van der Waals surface area contributed by atoms with Gasteiger partial charge in [0.15, 0.2) is 0 Å². The number of hydrogen-bond acceptors (Lipinski definition) is 3. The third-order valence-electron chi connectivity index (χ3n) is 10.9. The van der Waals surface area contributed by atoms with Gasteiger partial charge in [-0.2, -0.15) is 0 Å². The van der Waals surface area contributed by atoms with E-state index >= 15 is 0 Å².